The smallest absolute Gasteiger partial charge is 0.157 e. The standard InChI is InChI=1S/C18H22N2O2.BrH/c21-17-8-5-13(11-18(17)22)9-10-19-12-15-7-6-14-3-1-2-4-16(14)20-15;/h1-5,8,11,15,19-22H,6-7,9-10,12H2;1H. The first kappa shape index (κ1) is 17.6. The Morgan fingerprint density at radius 1 is 1.09 bits per heavy atom. The molecule has 1 atom stereocenters. The van der Waals surface area contributed by atoms with E-state index in [9.17, 15) is 10.2 Å². The van der Waals surface area contributed by atoms with E-state index >= 15 is 0 Å². The molecule has 23 heavy (non-hydrogen) atoms. The van der Waals surface area contributed by atoms with Gasteiger partial charge in [0.2, 0.25) is 0 Å². The molecule has 1 unspecified atom stereocenters. The molecule has 3 rings (SSSR count). The molecule has 0 aliphatic carbocycles. The van der Waals surface area contributed by atoms with Gasteiger partial charge in [-0.3, -0.25) is 0 Å². The van der Waals surface area contributed by atoms with Crippen molar-refractivity contribution in [3.05, 3.63) is 53.6 Å². The van der Waals surface area contributed by atoms with Crippen LogP contribution in [0.5, 0.6) is 11.5 Å². The van der Waals surface area contributed by atoms with Crippen molar-refractivity contribution in [3.63, 3.8) is 0 Å². The Balaban J connectivity index is 0.00000192. The lowest BCUT2D eigenvalue weighted by molar-refractivity contribution is 0.403. The second-order valence-corrected chi connectivity index (χ2v) is 5.81. The predicted molar refractivity (Wildman–Crippen MR) is 98.8 cm³/mol. The number of phenols is 2. The van der Waals surface area contributed by atoms with Crippen LogP contribution in [0.1, 0.15) is 17.5 Å². The molecule has 1 heterocycles. The molecule has 2 aromatic rings. The van der Waals surface area contributed by atoms with E-state index in [0.717, 1.165) is 37.9 Å². The minimum absolute atomic E-state index is 0. The lowest BCUT2D eigenvalue weighted by Gasteiger charge is -2.27. The van der Waals surface area contributed by atoms with Crippen molar-refractivity contribution < 1.29 is 10.2 Å². The Labute approximate surface area is 147 Å². The van der Waals surface area contributed by atoms with Gasteiger partial charge in [0, 0.05) is 18.3 Å². The Morgan fingerprint density at radius 3 is 2.74 bits per heavy atom. The maximum atomic E-state index is 9.47. The minimum Gasteiger partial charge on any atom is -0.504 e. The molecular formula is C18H23BrN2O2. The monoisotopic (exact) mass is 378 g/mol. The van der Waals surface area contributed by atoms with E-state index in [4.69, 9.17) is 0 Å². The zero-order chi connectivity index (χ0) is 15.4. The van der Waals surface area contributed by atoms with E-state index in [1.54, 1.807) is 6.07 Å². The van der Waals surface area contributed by atoms with Crippen LogP contribution in [-0.4, -0.2) is 29.3 Å². The number of anilines is 1. The van der Waals surface area contributed by atoms with E-state index in [-0.39, 0.29) is 28.5 Å². The highest BCUT2D eigenvalue weighted by molar-refractivity contribution is 8.93. The van der Waals surface area contributed by atoms with Crippen LogP contribution in [0.3, 0.4) is 0 Å². The zero-order valence-corrected chi connectivity index (χ0v) is 14.7. The van der Waals surface area contributed by atoms with Crippen LogP contribution in [-0.2, 0) is 12.8 Å². The summed E-state index contributed by atoms with van der Waals surface area (Å²) in [5.74, 6) is -0.121. The summed E-state index contributed by atoms with van der Waals surface area (Å²) in [7, 11) is 0. The molecule has 0 spiro atoms. The fourth-order valence-corrected chi connectivity index (χ4v) is 2.89. The molecule has 2 aromatic carbocycles. The second kappa shape index (κ2) is 8.22. The predicted octanol–water partition coefficient (Wildman–Crippen LogP) is 3.23. The molecule has 1 aliphatic rings. The number of rotatable bonds is 5. The minimum atomic E-state index is -0.0678. The molecule has 4 N–H and O–H groups in total. The van der Waals surface area contributed by atoms with Crippen LogP contribution in [0.2, 0.25) is 0 Å². The third-order valence-electron chi connectivity index (χ3n) is 4.16. The highest BCUT2D eigenvalue weighted by Crippen LogP contribution is 2.25. The van der Waals surface area contributed by atoms with Gasteiger partial charge in [0.15, 0.2) is 11.5 Å². The summed E-state index contributed by atoms with van der Waals surface area (Å²) >= 11 is 0. The first-order valence-electron chi connectivity index (χ1n) is 7.78. The van der Waals surface area contributed by atoms with Gasteiger partial charge in [0.25, 0.3) is 0 Å². The summed E-state index contributed by atoms with van der Waals surface area (Å²) in [4.78, 5) is 0. The van der Waals surface area contributed by atoms with Gasteiger partial charge in [-0.1, -0.05) is 24.3 Å². The van der Waals surface area contributed by atoms with Crippen LogP contribution in [0.25, 0.3) is 0 Å². The van der Waals surface area contributed by atoms with E-state index < -0.39 is 0 Å². The van der Waals surface area contributed by atoms with E-state index in [2.05, 4.69) is 34.9 Å². The summed E-state index contributed by atoms with van der Waals surface area (Å²) in [5, 5.41) is 25.8. The zero-order valence-electron chi connectivity index (χ0n) is 13.0. The topological polar surface area (TPSA) is 64.5 Å². The maximum Gasteiger partial charge on any atom is 0.157 e. The number of para-hydroxylation sites is 1. The Bertz CT molecular complexity index is 649. The van der Waals surface area contributed by atoms with Crippen molar-refractivity contribution in [1.29, 1.82) is 0 Å². The number of nitrogens with one attached hydrogen (secondary N) is 2. The third-order valence-corrected chi connectivity index (χ3v) is 4.16. The maximum absolute atomic E-state index is 9.47. The SMILES string of the molecule is Br.Oc1ccc(CCNCC2CCc3ccccc3N2)cc1O. The van der Waals surface area contributed by atoms with Crippen molar-refractivity contribution in [2.75, 3.05) is 18.4 Å². The third kappa shape index (κ3) is 4.62. The number of phenolic OH excluding ortho intramolecular Hbond substituents is 2. The average Bonchev–Trinajstić information content (AvgIpc) is 2.54. The van der Waals surface area contributed by atoms with Crippen LogP contribution in [0.4, 0.5) is 5.69 Å². The van der Waals surface area contributed by atoms with Crippen molar-refractivity contribution in [1.82, 2.24) is 5.32 Å². The van der Waals surface area contributed by atoms with E-state index in [1.807, 2.05) is 6.07 Å². The molecular weight excluding hydrogens is 356 g/mol. The molecule has 4 nitrogen and oxygen atoms in total. The highest BCUT2D eigenvalue weighted by Gasteiger charge is 2.16. The Morgan fingerprint density at radius 2 is 1.91 bits per heavy atom. The summed E-state index contributed by atoms with van der Waals surface area (Å²) in [6, 6.07) is 13.9. The first-order chi connectivity index (χ1) is 10.7. The van der Waals surface area contributed by atoms with Crippen LogP contribution in [0.15, 0.2) is 42.5 Å². The van der Waals surface area contributed by atoms with Gasteiger partial charge in [0.05, 0.1) is 0 Å². The molecule has 1 aliphatic heterocycles. The molecule has 0 amide bonds. The van der Waals surface area contributed by atoms with Crippen LogP contribution >= 0.6 is 17.0 Å². The van der Waals surface area contributed by atoms with Crippen molar-refractivity contribution >= 4 is 22.7 Å². The summed E-state index contributed by atoms with van der Waals surface area (Å²) in [5.41, 5.74) is 3.67. The number of aromatic hydroxyl groups is 2. The number of benzene rings is 2. The van der Waals surface area contributed by atoms with Gasteiger partial charge < -0.3 is 20.8 Å². The largest absolute Gasteiger partial charge is 0.504 e. The lowest BCUT2D eigenvalue weighted by atomic mass is 9.98. The van der Waals surface area contributed by atoms with Gasteiger partial charge in [-0.2, -0.15) is 0 Å². The van der Waals surface area contributed by atoms with Crippen LogP contribution < -0.4 is 10.6 Å². The van der Waals surface area contributed by atoms with Gasteiger partial charge in [-0.05, 0) is 55.1 Å². The quantitative estimate of drug-likeness (QED) is 0.476. The van der Waals surface area contributed by atoms with Crippen molar-refractivity contribution in [2.45, 2.75) is 25.3 Å². The first-order valence-corrected chi connectivity index (χ1v) is 7.78. The molecule has 0 radical (unpaired) electrons. The van der Waals surface area contributed by atoms with Crippen molar-refractivity contribution in [2.24, 2.45) is 0 Å². The van der Waals surface area contributed by atoms with E-state index in [1.165, 1.54) is 17.3 Å². The number of hydrogen-bond donors (Lipinski definition) is 4. The molecule has 0 fully saturated rings. The average molecular weight is 379 g/mol. The molecule has 5 heteroatoms. The Hall–Kier alpha value is -1.72. The normalized spacial score (nSPS) is 16.1. The molecule has 124 valence electrons. The van der Waals surface area contributed by atoms with Gasteiger partial charge in [0.1, 0.15) is 0 Å². The Kier molecular flexibility index (Phi) is 6.30. The van der Waals surface area contributed by atoms with Gasteiger partial charge in [-0.15, -0.1) is 17.0 Å². The molecule has 0 bridgehead atoms. The number of hydrogen-bond acceptors (Lipinski definition) is 4. The molecule has 0 aromatic heterocycles. The highest BCUT2D eigenvalue weighted by atomic mass is 79.9. The molecule has 0 saturated carbocycles. The number of halogens is 1. The van der Waals surface area contributed by atoms with Gasteiger partial charge >= 0.3 is 0 Å². The summed E-state index contributed by atoms with van der Waals surface area (Å²) < 4.78 is 0. The van der Waals surface area contributed by atoms with E-state index in [0.29, 0.717) is 6.04 Å². The fraction of sp³-hybridized carbons (Fsp3) is 0.333. The fourth-order valence-electron chi connectivity index (χ4n) is 2.89. The number of aryl methyl sites for hydroxylation is 1. The number of fused-ring (bicyclic) bond motifs is 1. The summed E-state index contributed by atoms with van der Waals surface area (Å²) in [6.45, 7) is 1.78. The van der Waals surface area contributed by atoms with Crippen LogP contribution in [0, 0.1) is 0 Å². The second-order valence-electron chi connectivity index (χ2n) is 5.81. The molecule has 0 saturated heterocycles. The summed E-state index contributed by atoms with van der Waals surface area (Å²) in [6.07, 6.45) is 3.10. The van der Waals surface area contributed by atoms with Gasteiger partial charge in [-0.25, -0.2) is 0 Å². The van der Waals surface area contributed by atoms with Crippen molar-refractivity contribution in [3.8, 4) is 11.5 Å². The lowest BCUT2D eigenvalue weighted by Crippen LogP contribution is -2.36.